The third-order valence-corrected chi connectivity index (χ3v) is 3.05. The third kappa shape index (κ3) is 2.01. The lowest BCUT2D eigenvalue weighted by Gasteiger charge is -2.24. The molecule has 1 aromatic heterocycles. The lowest BCUT2D eigenvalue weighted by Crippen LogP contribution is -2.43. The second kappa shape index (κ2) is 4.45. The van der Waals surface area contributed by atoms with Gasteiger partial charge in [-0.25, -0.2) is 0 Å². The lowest BCUT2D eigenvalue weighted by molar-refractivity contribution is 0.423. The molecule has 1 aromatic rings. The summed E-state index contributed by atoms with van der Waals surface area (Å²) in [5.41, 5.74) is 0.825. The summed E-state index contributed by atoms with van der Waals surface area (Å²) in [6.45, 7) is 2.75. The Labute approximate surface area is 92.8 Å². The van der Waals surface area contributed by atoms with E-state index >= 15 is 0 Å². The Kier molecular flexibility index (Phi) is 3.23. The fourth-order valence-electron chi connectivity index (χ4n) is 1.52. The van der Waals surface area contributed by atoms with Gasteiger partial charge in [0, 0.05) is 25.8 Å². The lowest BCUT2D eigenvalue weighted by atomic mass is 10.1. The monoisotopic (exact) mass is 231 g/mol. The van der Waals surface area contributed by atoms with Crippen molar-refractivity contribution in [1.29, 1.82) is 0 Å². The van der Waals surface area contributed by atoms with Crippen molar-refractivity contribution >= 4 is 23.2 Å². The summed E-state index contributed by atoms with van der Waals surface area (Å²) < 4.78 is 0. The standard InChI is InChI=1S/C9H11Cl2N3/c10-6-1-2-14-9(8(6)11)7-5-12-3-4-13-7/h1-2,7,12-13H,3-5H2. The molecule has 0 radical (unpaired) electrons. The minimum absolute atomic E-state index is 0.162. The minimum atomic E-state index is 0.162. The number of nitrogens with zero attached hydrogens (tertiary/aromatic N) is 1. The smallest absolute Gasteiger partial charge is 0.0824 e. The number of piperazine rings is 1. The van der Waals surface area contributed by atoms with E-state index in [0.717, 1.165) is 25.3 Å². The number of hydrogen-bond acceptors (Lipinski definition) is 3. The molecule has 0 aliphatic carbocycles. The van der Waals surface area contributed by atoms with Crippen LogP contribution in [0.25, 0.3) is 0 Å². The van der Waals surface area contributed by atoms with Crippen molar-refractivity contribution in [3.63, 3.8) is 0 Å². The first-order valence-corrected chi connectivity index (χ1v) is 5.28. The number of pyridine rings is 1. The maximum atomic E-state index is 6.06. The fraction of sp³-hybridized carbons (Fsp3) is 0.444. The Morgan fingerprint density at radius 3 is 2.93 bits per heavy atom. The summed E-state index contributed by atoms with van der Waals surface area (Å²) in [6, 6.07) is 1.86. The van der Waals surface area contributed by atoms with Crippen LogP contribution in [0.15, 0.2) is 12.3 Å². The minimum Gasteiger partial charge on any atom is -0.314 e. The molecule has 2 heterocycles. The zero-order valence-electron chi connectivity index (χ0n) is 7.56. The normalized spacial score (nSPS) is 22.3. The summed E-state index contributed by atoms with van der Waals surface area (Å²) in [6.07, 6.45) is 1.68. The second-order valence-corrected chi connectivity index (χ2v) is 3.99. The zero-order chi connectivity index (χ0) is 9.97. The van der Waals surface area contributed by atoms with Crippen molar-refractivity contribution in [3.05, 3.63) is 28.0 Å². The van der Waals surface area contributed by atoms with Gasteiger partial charge in [0.05, 0.1) is 21.8 Å². The van der Waals surface area contributed by atoms with E-state index in [1.807, 2.05) is 0 Å². The van der Waals surface area contributed by atoms with E-state index in [-0.39, 0.29) is 6.04 Å². The number of hydrogen-bond donors (Lipinski definition) is 2. The van der Waals surface area contributed by atoms with Crippen molar-refractivity contribution in [2.45, 2.75) is 6.04 Å². The van der Waals surface area contributed by atoms with Gasteiger partial charge < -0.3 is 10.6 Å². The molecule has 0 aromatic carbocycles. The van der Waals surface area contributed by atoms with Gasteiger partial charge in [0.25, 0.3) is 0 Å². The van der Waals surface area contributed by atoms with Gasteiger partial charge in [-0.1, -0.05) is 23.2 Å². The van der Waals surface area contributed by atoms with Crippen LogP contribution >= 0.6 is 23.2 Å². The molecule has 1 saturated heterocycles. The highest BCUT2D eigenvalue weighted by molar-refractivity contribution is 6.42. The quantitative estimate of drug-likeness (QED) is 0.772. The molecular weight excluding hydrogens is 221 g/mol. The van der Waals surface area contributed by atoms with Gasteiger partial charge in [-0.05, 0) is 6.07 Å². The van der Waals surface area contributed by atoms with Gasteiger partial charge in [-0.3, -0.25) is 4.98 Å². The number of rotatable bonds is 1. The van der Waals surface area contributed by atoms with Crippen LogP contribution in [0, 0.1) is 0 Å². The predicted molar refractivity (Wildman–Crippen MR) is 57.9 cm³/mol. The molecule has 0 saturated carbocycles. The predicted octanol–water partition coefficient (Wildman–Crippen LogP) is 1.62. The Balaban J connectivity index is 2.26. The van der Waals surface area contributed by atoms with Gasteiger partial charge in [0.2, 0.25) is 0 Å². The topological polar surface area (TPSA) is 37.0 Å². The summed E-state index contributed by atoms with van der Waals surface area (Å²) in [5, 5.41) is 7.72. The Hall–Kier alpha value is -0.350. The maximum Gasteiger partial charge on any atom is 0.0824 e. The van der Waals surface area contributed by atoms with Crippen LogP contribution in [0.4, 0.5) is 0 Å². The second-order valence-electron chi connectivity index (χ2n) is 3.20. The van der Waals surface area contributed by atoms with Gasteiger partial charge in [-0.2, -0.15) is 0 Å². The van der Waals surface area contributed by atoms with Gasteiger partial charge in [0.15, 0.2) is 0 Å². The molecule has 2 rings (SSSR count). The first-order valence-electron chi connectivity index (χ1n) is 4.53. The molecule has 1 unspecified atom stereocenters. The van der Waals surface area contributed by atoms with Crippen LogP contribution in [0.2, 0.25) is 10.0 Å². The van der Waals surface area contributed by atoms with Crippen LogP contribution < -0.4 is 10.6 Å². The van der Waals surface area contributed by atoms with Crippen molar-refractivity contribution in [3.8, 4) is 0 Å². The largest absolute Gasteiger partial charge is 0.314 e. The first-order chi connectivity index (χ1) is 6.79. The van der Waals surface area contributed by atoms with Crippen LogP contribution in [0.3, 0.4) is 0 Å². The SMILES string of the molecule is Clc1ccnc(C2CNCCN2)c1Cl. The van der Waals surface area contributed by atoms with Gasteiger partial charge in [0.1, 0.15) is 0 Å². The molecule has 14 heavy (non-hydrogen) atoms. The van der Waals surface area contributed by atoms with Crippen molar-refractivity contribution < 1.29 is 0 Å². The van der Waals surface area contributed by atoms with E-state index in [2.05, 4.69) is 15.6 Å². The van der Waals surface area contributed by atoms with E-state index in [1.54, 1.807) is 12.3 Å². The molecule has 1 atom stereocenters. The van der Waals surface area contributed by atoms with Crippen molar-refractivity contribution in [1.82, 2.24) is 15.6 Å². The van der Waals surface area contributed by atoms with Gasteiger partial charge in [-0.15, -0.1) is 0 Å². The van der Waals surface area contributed by atoms with Crippen LogP contribution in [-0.2, 0) is 0 Å². The molecule has 5 heteroatoms. The van der Waals surface area contributed by atoms with E-state index in [9.17, 15) is 0 Å². The molecule has 1 aliphatic rings. The molecule has 2 N–H and O–H groups in total. The third-order valence-electron chi connectivity index (χ3n) is 2.24. The average molecular weight is 232 g/mol. The van der Waals surface area contributed by atoms with Crippen LogP contribution in [-0.4, -0.2) is 24.6 Å². The molecule has 1 aliphatic heterocycles. The molecule has 0 amide bonds. The number of nitrogens with one attached hydrogen (secondary N) is 2. The highest BCUT2D eigenvalue weighted by Gasteiger charge is 2.19. The fourth-order valence-corrected chi connectivity index (χ4v) is 1.92. The summed E-state index contributed by atoms with van der Waals surface area (Å²) in [5.74, 6) is 0. The molecule has 3 nitrogen and oxygen atoms in total. The van der Waals surface area contributed by atoms with Crippen molar-refractivity contribution in [2.75, 3.05) is 19.6 Å². The first kappa shape index (κ1) is 10.2. The Bertz CT molecular complexity index is 324. The zero-order valence-corrected chi connectivity index (χ0v) is 9.07. The van der Waals surface area contributed by atoms with E-state index in [4.69, 9.17) is 23.2 Å². The Morgan fingerprint density at radius 1 is 1.36 bits per heavy atom. The summed E-state index contributed by atoms with van der Waals surface area (Å²) >= 11 is 12.0. The van der Waals surface area contributed by atoms with Crippen LogP contribution in [0.5, 0.6) is 0 Å². The number of aromatic nitrogens is 1. The highest BCUT2D eigenvalue weighted by atomic mass is 35.5. The van der Waals surface area contributed by atoms with Crippen molar-refractivity contribution in [2.24, 2.45) is 0 Å². The van der Waals surface area contributed by atoms with Crippen LogP contribution in [0.1, 0.15) is 11.7 Å². The van der Waals surface area contributed by atoms with E-state index in [0.29, 0.717) is 10.0 Å². The molecule has 1 fully saturated rings. The molecule has 0 bridgehead atoms. The van der Waals surface area contributed by atoms with E-state index in [1.165, 1.54) is 0 Å². The highest BCUT2D eigenvalue weighted by Crippen LogP contribution is 2.28. The molecular formula is C9H11Cl2N3. The summed E-state index contributed by atoms with van der Waals surface area (Å²) in [7, 11) is 0. The summed E-state index contributed by atoms with van der Waals surface area (Å²) in [4.78, 5) is 4.24. The average Bonchev–Trinajstić information content (AvgIpc) is 2.23. The van der Waals surface area contributed by atoms with E-state index < -0.39 is 0 Å². The molecule has 76 valence electrons. The Morgan fingerprint density at radius 2 is 2.21 bits per heavy atom. The molecule has 0 spiro atoms. The maximum absolute atomic E-state index is 6.06. The number of halogens is 2. The van der Waals surface area contributed by atoms with Gasteiger partial charge >= 0.3 is 0 Å².